The molecule has 2 unspecified atom stereocenters. The predicted molar refractivity (Wildman–Crippen MR) is 113 cm³/mol. The first-order chi connectivity index (χ1) is 13.2. The molecule has 0 heterocycles. The Morgan fingerprint density at radius 3 is 2.63 bits per heavy atom. The highest BCUT2D eigenvalue weighted by molar-refractivity contribution is 5.94. The van der Waals surface area contributed by atoms with E-state index in [9.17, 15) is 5.11 Å². The summed E-state index contributed by atoms with van der Waals surface area (Å²) < 4.78 is 0. The van der Waals surface area contributed by atoms with E-state index in [0.717, 1.165) is 18.4 Å². The Balaban J connectivity index is 1.59. The zero-order chi connectivity index (χ0) is 18.4. The lowest BCUT2D eigenvalue weighted by Gasteiger charge is -2.33. The summed E-state index contributed by atoms with van der Waals surface area (Å²) in [5, 5.41) is 12.0. The Morgan fingerprint density at radius 1 is 0.963 bits per heavy atom. The van der Waals surface area contributed by atoms with Gasteiger partial charge in [0.15, 0.2) is 0 Å². The fourth-order valence-corrected chi connectivity index (χ4v) is 4.84. The van der Waals surface area contributed by atoms with Crippen LogP contribution in [0.1, 0.15) is 41.5 Å². The molecule has 1 N–H and O–H groups in total. The fourth-order valence-electron chi connectivity index (χ4n) is 4.84. The van der Waals surface area contributed by atoms with Crippen LogP contribution in [-0.4, -0.2) is 5.11 Å². The van der Waals surface area contributed by atoms with Crippen molar-refractivity contribution in [3.8, 4) is 0 Å². The van der Waals surface area contributed by atoms with Crippen molar-refractivity contribution >= 4 is 16.3 Å². The minimum absolute atomic E-state index is 0.0995. The smallest absolute Gasteiger partial charge is 0.0682 e. The van der Waals surface area contributed by atoms with E-state index in [1.165, 1.54) is 33.0 Å². The maximum Gasteiger partial charge on any atom is 0.0682 e. The van der Waals surface area contributed by atoms with E-state index in [4.69, 9.17) is 0 Å². The number of benzene rings is 3. The van der Waals surface area contributed by atoms with Crippen molar-refractivity contribution < 1.29 is 5.11 Å². The molecule has 0 saturated carbocycles. The van der Waals surface area contributed by atoms with Crippen LogP contribution in [0, 0.1) is 5.92 Å². The van der Waals surface area contributed by atoms with Crippen molar-refractivity contribution in [3.05, 3.63) is 101 Å². The minimum Gasteiger partial charge on any atom is -0.392 e. The number of allylic oxidation sites excluding steroid dienone is 4. The number of rotatable bonds is 2. The summed E-state index contributed by atoms with van der Waals surface area (Å²) in [6, 6.07) is 21.7. The van der Waals surface area contributed by atoms with Crippen molar-refractivity contribution in [3.63, 3.8) is 0 Å². The monoisotopic (exact) mass is 352 g/mol. The lowest BCUT2D eigenvalue weighted by atomic mass is 9.71. The molecule has 5 rings (SSSR count). The third-order valence-corrected chi connectivity index (χ3v) is 6.28. The van der Waals surface area contributed by atoms with Crippen LogP contribution < -0.4 is 0 Å². The Hall–Kier alpha value is -2.64. The summed E-state index contributed by atoms with van der Waals surface area (Å²) in [5.74, 6) is 1.05. The molecular weight excluding hydrogens is 328 g/mol. The molecule has 2 aliphatic rings. The lowest BCUT2D eigenvalue weighted by Crippen LogP contribution is -2.18. The zero-order valence-electron chi connectivity index (χ0n) is 15.7. The van der Waals surface area contributed by atoms with Gasteiger partial charge < -0.3 is 5.11 Å². The van der Waals surface area contributed by atoms with Gasteiger partial charge in [-0.25, -0.2) is 0 Å². The highest BCUT2D eigenvalue weighted by Gasteiger charge is 2.28. The number of aliphatic hydroxyl groups is 1. The quantitative estimate of drug-likeness (QED) is 0.598. The maximum absolute atomic E-state index is 9.43. The molecular formula is C26H24O. The van der Waals surface area contributed by atoms with Crippen molar-refractivity contribution in [1.82, 2.24) is 0 Å². The Kier molecular flexibility index (Phi) is 3.98. The summed E-state index contributed by atoms with van der Waals surface area (Å²) in [6.07, 6.45) is 6.96. The molecule has 1 nitrogen and oxygen atoms in total. The van der Waals surface area contributed by atoms with Crippen LogP contribution >= 0.6 is 0 Å². The van der Waals surface area contributed by atoms with E-state index in [0.29, 0.717) is 11.8 Å². The summed E-state index contributed by atoms with van der Waals surface area (Å²) >= 11 is 0. The first kappa shape index (κ1) is 16.5. The van der Waals surface area contributed by atoms with Crippen molar-refractivity contribution in [1.29, 1.82) is 0 Å². The van der Waals surface area contributed by atoms with E-state index in [-0.39, 0.29) is 6.61 Å². The topological polar surface area (TPSA) is 20.2 Å². The second-order valence-electron chi connectivity index (χ2n) is 7.93. The van der Waals surface area contributed by atoms with E-state index in [1.54, 1.807) is 5.57 Å². The fraction of sp³-hybridized carbons (Fsp3) is 0.231. The maximum atomic E-state index is 9.43. The largest absolute Gasteiger partial charge is 0.392 e. The molecule has 0 spiro atoms. The standard InChI is InChI=1S/C26H24O/c1-17-13-26-22-10-7-18(16-27)14-21(22)9-12-24(26)23-11-8-20(15-25(17)23)19-5-3-2-4-6-19/h2-12,14,17,20,27H,13,15-16H2,1H3. The number of hydrogen-bond donors (Lipinski definition) is 1. The van der Waals surface area contributed by atoms with Gasteiger partial charge in [-0.15, -0.1) is 0 Å². The molecule has 0 radical (unpaired) electrons. The van der Waals surface area contributed by atoms with Gasteiger partial charge in [-0.1, -0.05) is 79.2 Å². The molecule has 2 atom stereocenters. The lowest BCUT2D eigenvalue weighted by molar-refractivity contribution is 0.282. The minimum atomic E-state index is 0.0995. The summed E-state index contributed by atoms with van der Waals surface area (Å²) in [5.41, 5.74) is 8.29. The van der Waals surface area contributed by atoms with Crippen LogP contribution in [0.5, 0.6) is 0 Å². The van der Waals surface area contributed by atoms with Gasteiger partial charge in [-0.05, 0) is 63.4 Å². The summed E-state index contributed by atoms with van der Waals surface area (Å²) in [6.45, 7) is 2.47. The van der Waals surface area contributed by atoms with E-state index in [1.807, 2.05) is 0 Å². The van der Waals surface area contributed by atoms with Crippen molar-refractivity contribution in [2.75, 3.05) is 0 Å². The molecule has 0 aliphatic heterocycles. The van der Waals surface area contributed by atoms with Crippen molar-refractivity contribution in [2.45, 2.75) is 32.3 Å². The molecule has 0 amide bonds. The number of fused-ring (bicyclic) bond motifs is 4. The van der Waals surface area contributed by atoms with Crippen LogP contribution in [0.2, 0.25) is 0 Å². The molecule has 0 saturated heterocycles. The van der Waals surface area contributed by atoms with Crippen LogP contribution in [0.4, 0.5) is 0 Å². The summed E-state index contributed by atoms with van der Waals surface area (Å²) in [7, 11) is 0. The molecule has 2 aliphatic carbocycles. The van der Waals surface area contributed by atoms with Gasteiger partial charge in [-0.3, -0.25) is 0 Å². The van der Waals surface area contributed by atoms with E-state index >= 15 is 0 Å². The average Bonchev–Trinajstić information content (AvgIpc) is 2.73. The molecule has 0 bridgehead atoms. The second kappa shape index (κ2) is 6.51. The third-order valence-electron chi connectivity index (χ3n) is 6.28. The zero-order valence-corrected chi connectivity index (χ0v) is 15.7. The highest BCUT2D eigenvalue weighted by Crippen LogP contribution is 2.45. The van der Waals surface area contributed by atoms with Crippen LogP contribution in [-0.2, 0) is 13.0 Å². The highest BCUT2D eigenvalue weighted by atomic mass is 16.3. The Labute approximate surface area is 160 Å². The number of aliphatic hydroxyl groups excluding tert-OH is 1. The van der Waals surface area contributed by atoms with E-state index < -0.39 is 0 Å². The summed E-state index contributed by atoms with van der Waals surface area (Å²) in [4.78, 5) is 0. The first-order valence-electron chi connectivity index (χ1n) is 9.86. The first-order valence-corrected chi connectivity index (χ1v) is 9.86. The molecule has 0 fully saturated rings. The molecule has 3 aromatic carbocycles. The average molecular weight is 352 g/mol. The normalized spacial score (nSPS) is 21.3. The SMILES string of the molecule is CC1Cc2c(ccc3cc(CO)ccc23)C2=C1CC(c1ccccc1)C=C2. The third kappa shape index (κ3) is 2.74. The van der Waals surface area contributed by atoms with Crippen molar-refractivity contribution in [2.24, 2.45) is 5.92 Å². The van der Waals surface area contributed by atoms with Gasteiger partial charge in [0.1, 0.15) is 0 Å². The van der Waals surface area contributed by atoms with Crippen LogP contribution in [0.25, 0.3) is 16.3 Å². The van der Waals surface area contributed by atoms with E-state index in [2.05, 4.69) is 79.7 Å². The van der Waals surface area contributed by atoms with Gasteiger partial charge in [0.05, 0.1) is 6.61 Å². The molecule has 27 heavy (non-hydrogen) atoms. The van der Waals surface area contributed by atoms with Gasteiger partial charge >= 0.3 is 0 Å². The Morgan fingerprint density at radius 2 is 1.81 bits per heavy atom. The number of hydrogen-bond acceptors (Lipinski definition) is 1. The van der Waals surface area contributed by atoms with Gasteiger partial charge in [0, 0.05) is 5.92 Å². The van der Waals surface area contributed by atoms with Crippen LogP contribution in [0.3, 0.4) is 0 Å². The van der Waals surface area contributed by atoms with Gasteiger partial charge in [-0.2, -0.15) is 0 Å². The predicted octanol–water partition coefficient (Wildman–Crippen LogP) is 6.02. The molecule has 1 heteroatoms. The molecule has 3 aromatic rings. The van der Waals surface area contributed by atoms with Gasteiger partial charge in [0.2, 0.25) is 0 Å². The van der Waals surface area contributed by atoms with Gasteiger partial charge in [0.25, 0.3) is 0 Å². The molecule has 0 aromatic heterocycles. The molecule has 134 valence electrons. The Bertz CT molecular complexity index is 1070. The second-order valence-corrected chi connectivity index (χ2v) is 7.93. The van der Waals surface area contributed by atoms with Crippen LogP contribution in [0.15, 0.2) is 78.4 Å².